The number of fused-ring (bicyclic) bond motifs is 3. The lowest BCUT2D eigenvalue weighted by Gasteiger charge is -1.97. The maximum atomic E-state index is 13.4. The summed E-state index contributed by atoms with van der Waals surface area (Å²) in [5.41, 5.74) is -1.11. The number of aromatic nitrogens is 3. The van der Waals surface area contributed by atoms with E-state index in [1.165, 1.54) is 24.3 Å². The summed E-state index contributed by atoms with van der Waals surface area (Å²) < 4.78 is 49.6. The Morgan fingerprint density at radius 2 is 1.93 bits per heavy atom. The van der Waals surface area contributed by atoms with Crippen LogP contribution in [0.5, 0.6) is 0 Å². The number of benzene rings is 1. The first-order valence-corrected chi connectivity index (χ1v) is 8.76. The second-order valence-corrected chi connectivity index (χ2v) is 6.84. The zero-order valence-electron chi connectivity index (χ0n) is 13.1. The Balaban J connectivity index is 1.85. The van der Waals surface area contributed by atoms with Crippen molar-refractivity contribution in [1.29, 1.82) is 0 Å². The van der Waals surface area contributed by atoms with Crippen molar-refractivity contribution < 1.29 is 21.8 Å². The average Bonchev–Trinajstić information content (AvgIpc) is 3.20. The van der Waals surface area contributed by atoms with Gasteiger partial charge in [0.1, 0.15) is 17.1 Å². The zero-order valence-corrected chi connectivity index (χ0v) is 13.9. The highest BCUT2D eigenvalue weighted by molar-refractivity contribution is 7.85. The SMILES string of the molecule is O=c1[nH]c2c([nH]c3ccc(F)cc32)c(=O)n1/N=C/c1ccc(S(=O)(=O)O)o1. The van der Waals surface area contributed by atoms with E-state index in [0.29, 0.717) is 15.6 Å². The standard InChI is InChI=1S/C15H9FN4O6S/c16-7-1-3-10-9(5-7)12-13(18-10)14(21)20(15(22)19-12)17-6-8-2-4-11(26-8)27(23,24)25/h1-6,18H,(H,19,22)(H,23,24,25)/b17-6+. The highest BCUT2D eigenvalue weighted by atomic mass is 32.2. The van der Waals surface area contributed by atoms with Gasteiger partial charge in [-0.2, -0.15) is 13.5 Å². The van der Waals surface area contributed by atoms with Gasteiger partial charge in [0.25, 0.3) is 0 Å². The number of hydrogen-bond acceptors (Lipinski definition) is 6. The first-order chi connectivity index (χ1) is 12.7. The van der Waals surface area contributed by atoms with Crippen LogP contribution in [0, 0.1) is 5.82 Å². The van der Waals surface area contributed by atoms with Gasteiger partial charge in [-0.05, 0) is 30.3 Å². The molecule has 0 aliphatic rings. The molecule has 138 valence electrons. The van der Waals surface area contributed by atoms with E-state index in [2.05, 4.69) is 15.1 Å². The minimum absolute atomic E-state index is 0.00502. The summed E-state index contributed by atoms with van der Waals surface area (Å²) in [6.45, 7) is 0. The zero-order chi connectivity index (χ0) is 19.3. The number of H-pyrrole nitrogens is 2. The average molecular weight is 392 g/mol. The van der Waals surface area contributed by atoms with E-state index >= 15 is 0 Å². The van der Waals surface area contributed by atoms with Crippen molar-refractivity contribution in [2.45, 2.75) is 5.09 Å². The van der Waals surface area contributed by atoms with E-state index in [4.69, 9.17) is 8.97 Å². The van der Waals surface area contributed by atoms with Crippen LogP contribution < -0.4 is 11.2 Å². The molecule has 0 atom stereocenters. The molecule has 12 heteroatoms. The van der Waals surface area contributed by atoms with Gasteiger partial charge in [0.2, 0.25) is 5.09 Å². The molecule has 10 nitrogen and oxygen atoms in total. The van der Waals surface area contributed by atoms with Gasteiger partial charge in [-0.15, -0.1) is 4.68 Å². The minimum atomic E-state index is -4.53. The number of furan rings is 1. The van der Waals surface area contributed by atoms with Gasteiger partial charge >= 0.3 is 21.4 Å². The van der Waals surface area contributed by atoms with Crippen LogP contribution in [-0.2, 0) is 10.1 Å². The molecule has 3 aromatic heterocycles. The van der Waals surface area contributed by atoms with Crippen molar-refractivity contribution in [3.8, 4) is 0 Å². The molecule has 0 aliphatic carbocycles. The maximum absolute atomic E-state index is 13.4. The van der Waals surface area contributed by atoms with Crippen LogP contribution >= 0.6 is 0 Å². The molecule has 4 rings (SSSR count). The molecule has 0 amide bonds. The Morgan fingerprint density at radius 1 is 1.15 bits per heavy atom. The van der Waals surface area contributed by atoms with Crippen LogP contribution in [0.25, 0.3) is 21.9 Å². The molecular weight excluding hydrogens is 383 g/mol. The quantitative estimate of drug-likeness (QED) is 0.350. The largest absolute Gasteiger partial charge is 0.441 e. The Hall–Kier alpha value is -3.51. The summed E-state index contributed by atoms with van der Waals surface area (Å²) in [5, 5.41) is 3.30. The lowest BCUT2D eigenvalue weighted by Crippen LogP contribution is -2.32. The van der Waals surface area contributed by atoms with Gasteiger partial charge in [0.05, 0.1) is 11.7 Å². The van der Waals surface area contributed by atoms with Crippen LogP contribution in [-0.4, -0.2) is 33.8 Å². The molecule has 0 saturated carbocycles. The van der Waals surface area contributed by atoms with Crippen molar-refractivity contribution in [2.75, 3.05) is 0 Å². The molecule has 0 bridgehead atoms. The van der Waals surface area contributed by atoms with E-state index in [0.717, 1.165) is 12.3 Å². The van der Waals surface area contributed by atoms with Gasteiger partial charge in [0.15, 0.2) is 0 Å². The Kier molecular flexibility index (Phi) is 3.61. The van der Waals surface area contributed by atoms with E-state index in [-0.39, 0.29) is 16.8 Å². The van der Waals surface area contributed by atoms with Gasteiger partial charge < -0.3 is 14.4 Å². The molecular formula is C15H9FN4O6S. The van der Waals surface area contributed by atoms with Gasteiger partial charge in [-0.25, -0.2) is 9.18 Å². The van der Waals surface area contributed by atoms with E-state index < -0.39 is 32.3 Å². The van der Waals surface area contributed by atoms with Crippen LogP contribution in [0.15, 0.2) is 54.5 Å². The van der Waals surface area contributed by atoms with E-state index in [9.17, 15) is 22.4 Å². The molecule has 0 saturated heterocycles. The lowest BCUT2D eigenvalue weighted by molar-refractivity contribution is 0.404. The summed E-state index contributed by atoms with van der Waals surface area (Å²) in [6, 6.07) is 5.97. The van der Waals surface area contributed by atoms with E-state index in [1.807, 2.05) is 0 Å². The Morgan fingerprint density at radius 3 is 2.63 bits per heavy atom. The van der Waals surface area contributed by atoms with E-state index in [1.54, 1.807) is 0 Å². The molecule has 0 aliphatic heterocycles. The molecule has 0 fully saturated rings. The predicted molar refractivity (Wildman–Crippen MR) is 92.2 cm³/mol. The molecule has 3 heterocycles. The molecule has 0 spiro atoms. The molecule has 1 aromatic carbocycles. The van der Waals surface area contributed by atoms with Crippen molar-refractivity contribution >= 4 is 38.3 Å². The Labute approximate surface area is 148 Å². The molecule has 27 heavy (non-hydrogen) atoms. The topological polar surface area (TPSA) is 151 Å². The summed E-state index contributed by atoms with van der Waals surface area (Å²) in [4.78, 5) is 29.9. The number of hydrogen-bond donors (Lipinski definition) is 3. The fourth-order valence-corrected chi connectivity index (χ4v) is 3.02. The molecule has 0 radical (unpaired) electrons. The second kappa shape index (κ2) is 5.75. The smallest absolute Gasteiger partial charge is 0.350 e. The number of nitrogens with one attached hydrogen (secondary N) is 2. The number of rotatable bonds is 3. The van der Waals surface area contributed by atoms with Crippen LogP contribution in [0.3, 0.4) is 0 Å². The first kappa shape index (κ1) is 16.9. The highest BCUT2D eigenvalue weighted by Gasteiger charge is 2.15. The van der Waals surface area contributed by atoms with Crippen LogP contribution in [0.2, 0.25) is 0 Å². The first-order valence-electron chi connectivity index (χ1n) is 7.32. The third-order valence-electron chi connectivity index (χ3n) is 3.75. The second-order valence-electron chi connectivity index (χ2n) is 5.49. The maximum Gasteiger partial charge on any atom is 0.350 e. The molecule has 0 unspecified atom stereocenters. The number of aromatic amines is 2. The van der Waals surface area contributed by atoms with Crippen LogP contribution in [0.1, 0.15) is 5.76 Å². The van der Waals surface area contributed by atoms with Crippen molar-refractivity contribution in [3.63, 3.8) is 0 Å². The molecule has 4 aromatic rings. The van der Waals surface area contributed by atoms with Crippen molar-refractivity contribution in [1.82, 2.24) is 14.6 Å². The number of nitrogens with zero attached hydrogens (tertiary/aromatic N) is 2. The number of halogens is 1. The van der Waals surface area contributed by atoms with Gasteiger partial charge in [-0.3, -0.25) is 9.35 Å². The normalized spacial score (nSPS) is 12.5. The fourth-order valence-electron chi connectivity index (χ4n) is 2.57. The van der Waals surface area contributed by atoms with Crippen LogP contribution in [0.4, 0.5) is 4.39 Å². The highest BCUT2D eigenvalue weighted by Crippen LogP contribution is 2.21. The monoisotopic (exact) mass is 392 g/mol. The van der Waals surface area contributed by atoms with Gasteiger partial charge in [-0.1, -0.05) is 0 Å². The fraction of sp³-hybridized carbons (Fsp3) is 0. The Bertz CT molecular complexity index is 1460. The predicted octanol–water partition coefficient (Wildman–Crippen LogP) is 1.03. The summed E-state index contributed by atoms with van der Waals surface area (Å²) >= 11 is 0. The third-order valence-corrected chi connectivity index (χ3v) is 4.48. The molecule has 3 N–H and O–H groups in total. The third kappa shape index (κ3) is 2.86. The summed E-state index contributed by atoms with van der Waals surface area (Å²) in [7, 11) is -4.53. The minimum Gasteiger partial charge on any atom is -0.441 e. The summed E-state index contributed by atoms with van der Waals surface area (Å²) in [6.07, 6.45) is 0.930. The summed E-state index contributed by atoms with van der Waals surface area (Å²) in [5.74, 6) is -0.647. The van der Waals surface area contributed by atoms with Crippen molar-refractivity contribution in [3.05, 3.63) is 62.7 Å². The van der Waals surface area contributed by atoms with Crippen molar-refractivity contribution in [2.24, 2.45) is 5.10 Å². The lowest BCUT2D eigenvalue weighted by atomic mass is 10.2. The van der Waals surface area contributed by atoms with Gasteiger partial charge in [0, 0.05) is 10.9 Å².